The number of nitrogens with one attached hydrogen (secondary N) is 2. The minimum atomic E-state index is -3.69. The normalized spacial score (nSPS) is 15.3. The number of hydrogen-bond acceptors (Lipinski definition) is 7. The van der Waals surface area contributed by atoms with Crippen molar-refractivity contribution in [3.63, 3.8) is 0 Å². The SMILES string of the molecule is Cc1nnnn1-c1ccc(F)c(NC(=O)c2cc(S(=O)(=O)N3CCSCC3)c[nH]2)c1. The van der Waals surface area contributed by atoms with Crippen molar-refractivity contribution in [1.29, 1.82) is 0 Å². The van der Waals surface area contributed by atoms with Crippen molar-refractivity contribution in [3.8, 4) is 5.69 Å². The maximum Gasteiger partial charge on any atom is 0.272 e. The average Bonchev–Trinajstić information content (AvgIpc) is 3.40. The first-order valence-corrected chi connectivity index (χ1v) is 11.6. The third-order valence-corrected chi connectivity index (χ3v) is 7.40. The van der Waals surface area contributed by atoms with E-state index in [1.165, 1.54) is 39.4 Å². The molecule has 0 aliphatic carbocycles. The fraction of sp³-hybridized carbons (Fsp3) is 0.294. The van der Waals surface area contributed by atoms with E-state index in [0.29, 0.717) is 24.6 Å². The van der Waals surface area contributed by atoms with Crippen molar-refractivity contribution >= 4 is 33.4 Å². The van der Waals surface area contributed by atoms with Gasteiger partial charge in [-0.3, -0.25) is 4.79 Å². The van der Waals surface area contributed by atoms with E-state index in [1.807, 2.05) is 0 Å². The Morgan fingerprint density at radius 2 is 2.03 bits per heavy atom. The third kappa shape index (κ3) is 3.95. The van der Waals surface area contributed by atoms with Gasteiger partial charge in [0.05, 0.1) is 11.4 Å². The van der Waals surface area contributed by atoms with Gasteiger partial charge in [0, 0.05) is 30.8 Å². The summed E-state index contributed by atoms with van der Waals surface area (Å²) >= 11 is 1.70. The molecule has 0 bridgehead atoms. The predicted octanol–water partition coefficient (Wildman–Crippen LogP) is 1.43. The van der Waals surface area contributed by atoms with Crippen LogP contribution < -0.4 is 5.32 Å². The van der Waals surface area contributed by atoms with Crippen LogP contribution in [-0.2, 0) is 10.0 Å². The highest BCUT2D eigenvalue weighted by molar-refractivity contribution is 7.99. The van der Waals surface area contributed by atoms with Crippen molar-refractivity contribution in [2.75, 3.05) is 29.9 Å². The van der Waals surface area contributed by atoms with Crippen molar-refractivity contribution in [2.24, 2.45) is 0 Å². The molecule has 13 heteroatoms. The van der Waals surface area contributed by atoms with Crippen LogP contribution in [0.25, 0.3) is 5.69 Å². The number of carbonyl (C=O) groups excluding carboxylic acids is 1. The second kappa shape index (κ2) is 8.16. The third-order valence-electron chi connectivity index (χ3n) is 4.58. The van der Waals surface area contributed by atoms with E-state index in [0.717, 1.165) is 11.5 Å². The summed E-state index contributed by atoms with van der Waals surface area (Å²) in [5.41, 5.74) is 0.384. The van der Waals surface area contributed by atoms with Gasteiger partial charge in [-0.05, 0) is 41.6 Å². The molecule has 158 valence electrons. The molecule has 1 amide bonds. The van der Waals surface area contributed by atoms with Crippen LogP contribution in [0.1, 0.15) is 16.3 Å². The lowest BCUT2D eigenvalue weighted by Crippen LogP contribution is -2.37. The zero-order chi connectivity index (χ0) is 21.3. The van der Waals surface area contributed by atoms with Crippen molar-refractivity contribution < 1.29 is 17.6 Å². The minimum Gasteiger partial charge on any atom is -0.356 e. The highest BCUT2D eigenvalue weighted by Gasteiger charge is 2.28. The van der Waals surface area contributed by atoms with Gasteiger partial charge in [-0.25, -0.2) is 12.8 Å². The van der Waals surface area contributed by atoms with Gasteiger partial charge in [-0.2, -0.15) is 20.7 Å². The number of hydrogen-bond donors (Lipinski definition) is 2. The summed E-state index contributed by atoms with van der Waals surface area (Å²) in [5.74, 6) is 0.633. The largest absolute Gasteiger partial charge is 0.356 e. The molecule has 10 nitrogen and oxygen atoms in total. The van der Waals surface area contributed by atoms with Crippen LogP contribution in [0.2, 0.25) is 0 Å². The van der Waals surface area contributed by atoms with Gasteiger partial charge >= 0.3 is 0 Å². The van der Waals surface area contributed by atoms with Gasteiger partial charge < -0.3 is 10.3 Å². The Bertz CT molecular complexity index is 1190. The Morgan fingerprint density at radius 1 is 1.27 bits per heavy atom. The first-order valence-electron chi connectivity index (χ1n) is 8.99. The van der Waals surface area contributed by atoms with Gasteiger partial charge in [0.2, 0.25) is 10.0 Å². The van der Waals surface area contributed by atoms with Gasteiger partial charge in [-0.1, -0.05) is 0 Å². The Hall–Kier alpha value is -2.77. The number of anilines is 1. The molecule has 1 saturated heterocycles. The fourth-order valence-electron chi connectivity index (χ4n) is 2.99. The number of aromatic nitrogens is 5. The number of aromatic amines is 1. The summed E-state index contributed by atoms with van der Waals surface area (Å²) < 4.78 is 42.5. The summed E-state index contributed by atoms with van der Waals surface area (Å²) in [6.45, 7) is 2.53. The zero-order valence-corrected chi connectivity index (χ0v) is 17.5. The maximum absolute atomic E-state index is 14.2. The van der Waals surface area contributed by atoms with Crippen molar-refractivity contribution in [1.82, 2.24) is 29.5 Å². The van der Waals surface area contributed by atoms with Gasteiger partial charge in [0.1, 0.15) is 16.4 Å². The lowest BCUT2D eigenvalue weighted by atomic mass is 10.2. The van der Waals surface area contributed by atoms with Crippen LogP contribution in [0.3, 0.4) is 0 Å². The zero-order valence-electron chi connectivity index (χ0n) is 15.9. The fourth-order valence-corrected chi connectivity index (χ4v) is 5.56. The maximum atomic E-state index is 14.2. The molecule has 1 aliphatic heterocycles. The van der Waals surface area contributed by atoms with E-state index in [1.54, 1.807) is 18.7 Å². The smallest absolute Gasteiger partial charge is 0.272 e. The summed E-state index contributed by atoms with van der Waals surface area (Å²) in [6.07, 6.45) is 1.27. The summed E-state index contributed by atoms with van der Waals surface area (Å²) in [7, 11) is -3.69. The molecule has 0 radical (unpaired) electrons. The lowest BCUT2D eigenvalue weighted by molar-refractivity contribution is 0.102. The molecular formula is C17H18FN7O3S2. The molecule has 2 N–H and O–H groups in total. The van der Waals surface area contributed by atoms with Crippen LogP contribution in [0.4, 0.5) is 10.1 Å². The monoisotopic (exact) mass is 451 g/mol. The molecule has 1 aromatic carbocycles. The molecule has 30 heavy (non-hydrogen) atoms. The molecule has 0 atom stereocenters. The molecule has 3 heterocycles. The number of halogens is 1. The number of H-pyrrole nitrogens is 1. The summed E-state index contributed by atoms with van der Waals surface area (Å²) in [6, 6.07) is 5.30. The van der Waals surface area contributed by atoms with E-state index >= 15 is 0 Å². The predicted molar refractivity (Wildman–Crippen MR) is 109 cm³/mol. The molecule has 0 spiro atoms. The first-order chi connectivity index (χ1) is 14.4. The van der Waals surface area contributed by atoms with E-state index in [-0.39, 0.29) is 16.3 Å². The Balaban J connectivity index is 1.55. The number of rotatable bonds is 5. The second-order valence-electron chi connectivity index (χ2n) is 6.52. The van der Waals surface area contributed by atoms with Crippen LogP contribution in [0, 0.1) is 12.7 Å². The summed E-state index contributed by atoms with van der Waals surface area (Å²) in [5, 5.41) is 13.6. The topological polar surface area (TPSA) is 126 Å². The van der Waals surface area contributed by atoms with E-state index in [2.05, 4.69) is 25.8 Å². The van der Waals surface area contributed by atoms with Gasteiger partial charge in [-0.15, -0.1) is 5.10 Å². The van der Waals surface area contributed by atoms with Gasteiger partial charge in [0.25, 0.3) is 5.91 Å². The highest BCUT2D eigenvalue weighted by atomic mass is 32.2. The second-order valence-corrected chi connectivity index (χ2v) is 9.68. The molecule has 2 aromatic heterocycles. The number of nitrogens with zero attached hydrogens (tertiary/aromatic N) is 5. The minimum absolute atomic E-state index is 0.00177. The Kier molecular flexibility index (Phi) is 5.58. The number of tetrazole rings is 1. The number of amides is 1. The quantitative estimate of drug-likeness (QED) is 0.601. The van der Waals surface area contributed by atoms with Crippen molar-refractivity contribution in [2.45, 2.75) is 11.8 Å². The average molecular weight is 452 g/mol. The number of thioether (sulfide) groups is 1. The Labute approximate surface area is 175 Å². The van der Waals surface area contributed by atoms with Gasteiger partial charge in [0.15, 0.2) is 5.82 Å². The molecule has 0 saturated carbocycles. The number of benzene rings is 1. The van der Waals surface area contributed by atoms with Crippen LogP contribution in [0.15, 0.2) is 35.4 Å². The molecular weight excluding hydrogens is 433 g/mol. The van der Waals surface area contributed by atoms with E-state index in [4.69, 9.17) is 0 Å². The number of carbonyl (C=O) groups is 1. The molecule has 1 fully saturated rings. The molecule has 1 aliphatic rings. The lowest BCUT2D eigenvalue weighted by Gasteiger charge is -2.24. The van der Waals surface area contributed by atoms with Crippen molar-refractivity contribution in [3.05, 3.63) is 47.8 Å². The molecule has 3 aromatic rings. The molecule has 0 unspecified atom stereocenters. The molecule has 4 rings (SSSR count). The standard InChI is InChI=1S/C17H18FN7O3S2/c1-11-21-22-23-25(11)12-2-3-14(18)15(8-12)20-17(26)16-9-13(10-19-16)30(27,28)24-4-6-29-7-5-24/h2-3,8-10,19H,4-7H2,1H3,(H,20,26). The van der Waals surface area contributed by atoms with Crippen LogP contribution in [-0.4, -0.2) is 68.4 Å². The van der Waals surface area contributed by atoms with E-state index in [9.17, 15) is 17.6 Å². The van der Waals surface area contributed by atoms with Crippen LogP contribution >= 0.6 is 11.8 Å². The number of aryl methyl sites for hydroxylation is 1. The van der Waals surface area contributed by atoms with E-state index < -0.39 is 21.7 Å². The number of sulfonamides is 1. The summed E-state index contributed by atoms with van der Waals surface area (Å²) in [4.78, 5) is 15.2. The van der Waals surface area contributed by atoms with Crippen LogP contribution in [0.5, 0.6) is 0 Å². The highest BCUT2D eigenvalue weighted by Crippen LogP contribution is 2.23. The first kappa shape index (κ1) is 20.5. The Morgan fingerprint density at radius 3 is 2.73 bits per heavy atom.